The third kappa shape index (κ3) is 2.49. The number of halogens is 3. The van der Waals surface area contributed by atoms with Gasteiger partial charge in [0, 0.05) is 0 Å². The van der Waals surface area contributed by atoms with Gasteiger partial charge in [0.2, 0.25) is 0 Å². The Bertz CT molecular complexity index is 787. The smallest absolute Gasteiger partial charge is 0.265 e. The lowest BCUT2D eigenvalue weighted by Crippen LogP contribution is -2.30. The summed E-state index contributed by atoms with van der Waals surface area (Å²) in [5, 5.41) is 2.80. The molecule has 0 unspecified atom stereocenters. The molecule has 0 spiro atoms. The zero-order valence-electron chi connectivity index (χ0n) is 9.05. The van der Waals surface area contributed by atoms with E-state index in [0.29, 0.717) is 0 Å². The molecule has 0 aliphatic carbocycles. The Kier molecular flexibility index (Phi) is 3.62. The third-order valence-corrected chi connectivity index (χ3v) is 4.52. The van der Waals surface area contributed by atoms with Crippen molar-refractivity contribution < 1.29 is 12.8 Å². The molecule has 0 saturated carbocycles. The molecule has 1 aromatic carbocycles. The maximum absolute atomic E-state index is 12.8. The monoisotopic (exact) mass is 322 g/mol. The van der Waals surface area contributed by atoms with Gasteiger partial charge in [0.25, 0.3) is 10.0 Å². The molecule has 0 atom stereocenters. The van der Waals surface area contributed by atoms with Gasteiger partial charge in [-0.15, -0.1) is 4.09 Å². The number of benzene rings is 1. The van der Waals surface area contributed by atoms with Crippen LogP contribution in [0.5, 0.6) is 0 Å². The highest BCUT2D eigenvalue weighted by Crippen LogP contribution is 2.17. The topological polar surface area (TPSA) is 69.0 Å². The first-order valence-electron chi connectivity index (χ1n) is 4.78. The van der Waals surface area contributed by atoms with E-state index in [1.54, 1.807) is 0 Å². The molecule has 1 aromatic heterocycles. The van der Waals surface area contributed by atoms with E-state index in [9.17, 15) is 17.6 Å². The highest BCUT2D eigenvalue weighted by atomic mass is 35.5. The second-order valence-corrected chi connectivity index (χ2v) is 5.97. The first kappa shape index (κ1) is 14.0. The highest BCUT2D eigenvalue weighted by Gasteiger charge is 2.22. The Morgan fingerprint density at radius 1 is 1.16 bits per heavy atom. The van der Waals surface area contributed by atoms with E-state index in [1.165, 1.54) is 0 Å². The van der Waals surface area contributed by atoms with Crippen LogP contribution in [0.25, 0.3) is 0 Å². The standard InChI is InChI=1S/C10H5Cl2FN2O3S/c11-8-5-14-15(10(16)9(8)12)19(17,18)7-3-1-6(13)2-4-7/h1-5H. The van der Waals surface area contributed by atoms with E-state index in [2.05, 4.69) is 5.10 Å². The summed E-state index contributed by atoms with van der Waals surface area (Å²) in [6.07, 6.45) is 0.937. The van der Waals surface area contributed by atoms with Crippen molar-refractivity contribution >= 4 is 33.2 Å². The summed E-state index contributed by atoms with van der Waals surface area (Å²) < 4.78 is 37.2. The molecule has 9 heteroatoms. The summed E-state index contributed by atoms with van der Waals surface area (Å²) in [7, 11) is -4.24. The van der Waals surface area contributed by atoms with Crippen LogP contribution in [0.15, 0.2) is 40.2 Å². The van der Waals surface area contributed by atoms with E-state index in [-0.39, 0.29) is 14.0 Å². The summed E-state index contributed by atoms with van der Waals surface area (Å²) in [5.74, 6) is -0.603. The average Bonchev–Trinajstić information content (AvgIpc) is 2.36. The molecular weight excluding hydrogens is 318 g/mol. The molecule has 5 nitrogen and oxygen atoms in total. The Hall–Kier alpha value is -1.44. The Morgan fingerprint density at radius 2 is 1.74 bits per heavy atom. The normalized spacial score (nSPS) is 11.5. The summed E-state index contributed by atoms with van der Waals surface area (Å²) in [6, 6.07) is 3.94. The van der Waals surface area contributed by atoms with Crippen LogP contribution in [0.2, 0.25) is 10.0 Å². The number of rotatable bonds is 2. The first-order valence-corrected chi connectivity index (χ1v) is 6.98. The number of nitrogens with zero attached hydrogens (tertiary/aromatic N) is 2. The van der Waals surface area contributed by atoms with Crippen LogP contribution < -0.4 is 5.56 Å². The van der Waals surface area contributed by atoms with E-state index >= 15 is 0 Å². The number of hydrogen-bond donors (Lipinski definition) is 0. The minimum atomic E-state index is -4.24. The molecule has 0 aliphatic heterocycles. The fourth-order valence-corrected chi connectivity index (χ4v) is 2.74. The summed E-state index contributed by atoms with van der Waals surface area (Å²) in [4.78, 5) is 11.4. The highest BCUT2D eigenvalue weighted by molar-refractivity contribution is 7.89. The van der Waals surface area contributed by atoms with Crippen molar-refractivity contribution in [1.82, 2.24) is 9.19 Å². The van der Waals surface area contributed by atoms with Gasteiger partial charge < -0.3 is 0 Å². The van der Waals surface area contributed by atoms with Crippen molar-refractivity contribution in [3.8, 4) is 0 Å². The maximum atomic E-state index is 12.8. The minimum Gasteiger partial charge on any atom is -0.265 e. The number of hydrogen-bond acceptors (Lipinski definition) is 4. The fourth-order valence-electron chi connectivity index (χ4n) is 1.28. The van der Waals surface area contributed by atoms with Gasteiger partial charge in [0.15, 0.2) is 0 Å². The van der Waals surface area contributed by atoms with Crippen LogP contribution in [0, 0.1) is 5.82 Å². The molecule has 0 bridgehead atoms. The van der Waals surface area contributed by atoms with Crippen LogP contribution in [-0.2, 0) is 10.0 Å². The molecule has 0 fully saturated rings. The second-order valence-electron chi connectivity index (χ2n) is 3.41. The second kappa shape index (κ2) is 4.92. The van der Waals surface area contributed by atoms with Crippen molar-refractivity contribution in [1.29, 1.82) is 0 Å². The molecule has 100 valence electrons. The first-order chi connectivity index (χ1) is 8.84. The van der Waals surface area contributed by atoms with Crippen LogP contribution in [0.4, 0.5) is 4.39 Å². The van der Waals surface area contributed by atoms with E-state index in [1.807, 2.05) is 0 Å². The van der Waals surface area contributed by atoms with Crippen molar-refractivity contribution in [3.63, 3.8) is 0 Å². The van der Waals surface area contributed by atoms with Gasteiger partial charge in [-0.3, -0.25) is 4.79 Å². The minimum absolute atomic E-state index is 0.155. The van der Waals surface area contributed by atoms with E-state index < -0.39 is 26.4 Å². The molecule has 2 rings (SSSR count). The third-order valence-electron chi connectivity index (χ3n) is 2.19. The van der Waals surface area contributed by atoms with E-state index in [4.69, 9.17) is 23.2 Å². The molecule has 0 saturated heterocycles. The molecule has 0 radical (unpaired) electrons. The molecule has 1 heterocycles. The summed E-state index contributed by atoms with van der Waals surface area (Å²) in [5.41, 5.74) is -1.07. The van der Waals surface area contributed by atoms with Crippen LogP contribution >= 0.6 is 23.2 Å². The number of aromatic nitrogens is 2. The van der Waals surface area contributed by atoms with Gasteiger partial charge in [-0.2, -0.15) is 13.5 Å². The Labute approximate surface area is 117 Å². The Balaban J connectivity index is 2.67. The molecular formula is C10H5Cl2FN2O3S. The van der Waals surface area contributed by atoms with Crippen molar-refractivity contribution in [2.24, 2.45) is 0 Å². The van der Waals surface area contributed by atoms with Crippen molar-refractivity contribution in [2.75, 3.05) is 0 Å². The average molecular weight is 323 g/mol. The van der Waals surface area contributed by atoms with Crippen LogP contribution in [0.1, 0.15) is 0 Å². The quantitative estimate of drug-likeness (QED) is 0.847. The SMILES string of the molecule is O=c1c(Cl)c(Cl)cnn1S(=O)(=O)c1ccc(F)cc1. The predicted molar refractivity (Wildman–Crippen MR) is 67.5 cm³/mol. The van der Waals surface area contributed by atoms with Crippen LogP contribution in [-0.4, -0.2) is 17.6 Å². The van der Waals surface area contributed by atoms with Gasteiger partial charge in [-0.1, -0.05) is 23.2 Å². The molecule has 0 N–H and O–H groups in total. The fraction of sp³-hybridized carbons (Fsp3) is 0. The van der Waals surface area contributed by atoms with Gasteiger partial charge >= 0.3 is 5.56 Å². The molecule has 0 aliphatic rings. The van der Waals surface area contributed by atoms with Gasteiger partial charge in [0.1, 0.15) is 10.8 Å². The van der Waals surface area contributed by atoms with E-state index in [0.717, 1.165) is 30.5 Å². The molecule has 2 aromatic rings. The van der Waals surface area contributed by atoms with Gasteiger partial charge in [-0.25, -0.2) is 4.39 Å². The molecule has 19 heavy (non-hydrogen) atoms. The summed E-state index contributed by atoms with van der Waals surface area (Å²) >= 11 is 11.1. The lowest BCUT2D eigenvalue weighted by Gasteiger charge is -2.06. The Morgan fingerprint density at radius 3 is 2.32 bits per heavy atom. The predicted octanol–water partition coefficient (Wildman–Crippen LogP) is 1.93. The molecule has 0 amide bonds. The zero-order valence-corrected chi connectivity index (χ0v) is 11.4. The van der Waals surface area contributed by atoms with Crippen molar-refractivity contribution in [2.45, 2.75) is 4.90 Å². The van der Waals surface area contributed by atoms with Gasteiger partial charge in [-0.05, 0) is 24.3 Å². The van der Waals surface area contributed by atoms with Gasteiger partial charge in [0.05, 0.1) is 16.1 Å². The summed E-state index contributed by atoms with van der Waals surface area (Å²) in [6.45, 7) is 0. The van der Waals surface area contributed by atoms with Crippen molar-refractivity contribution in [3.05, 3.63) is 56.7 Å². The largest absolute Gasteiger partial charge is 0.301 e. The van der Waals surface area contributed by atoms with Crippen LogP contribution in [0.3, 0.4) is 0 Å². The lowest BCUT2D eigenvalue weighted by molar-refractivity contribution is 0.575. The maximum Gasteiger partial charge on any atom is 0.301 e. The lowest BCUT2D eigenvalue weighted by atomic mass is 10.4. The zero-order chi connectivity index (χ0) is 14.2.